The van der Waals surface area contributed by atoms with Gasteiger partial charge in [0.25, 0.3) is 11.1 Å². The van der Waals surface area contributed by atoms with Gasteiger partial charge in [-0.2, -0.15) is 10.2 Å². The Morgan fingerprint density at radius 3 is 1.80 bits per heavy atom. The number of aromatic nitrogens is 6. The van der Waals surface area contributed by atoms with Crippen LogP contribution in [0.5, 0.6) is 0 Å². The lowest BCUT2D eigenvalue weighted by Crippen LogP contribution is -2.17. The summed E-state index contributed by atoms with van der Waals surface area (Å²) in [5, 5.41) is 10.7. The molecule has 0 aliphatic heterocycles. The van der Waals surface area contributed by atoms with Crippen molar-refractivity contribution in [3.63, 3.8) is 0 Å². The number of hydrogen-bond donors (Lipinski definition) is 3. The summed E-state index contributed by atoms with van der Waals surface area (Å²) in [5.74, 6) is 0. The Balaban J connectivity index is 0.000000165. The Hall–Kier alpha value is -4.54. The molecule has 0 aliphatic rings. The third-order valence-electron chi connectivity index (χ3n) is 6.90. The smallest absolute Gasteiger partial charge is 0.262 e. The summed E-state index contributed by atoms with van der Waals surface area (Å²) >= 11 is 12.0. The third-order valence-corrected chi connectivity index (χ3v) is 7.47. The number of hydrogen-bond acceptors (Lipinski definition) is 6. The Bertz CT molecular complexity index is 2040. The van der Waals surface area contributed by atoms with Gasteiger partial charge in [0.1, 0.15) is 10.3 Å². The SMILES string of the molecule is Cc1nn(Cc2ccccc2N)c2cc(Cl)[nH]c(=O)c12.Cc1nn(Cc2ccccc2N)c2cc(Cl)n(C)c(=O)c12. The van der Waals surface area contributed by atoms with Crippen molar-refractivity contribution in [3.8, 4) is 0 Å². The molecule has 6 aromatic rings. The Labute approximate surface area is 244 Å². The number of aryl methyl sites for hydroxylation is 2. The number of nitrogens with two attached hydrogens (primary N) is 2. The molecule has 0 saturated carbocycles. The number of benzene rings is 2. The van der Waals surface area contributed by atoms with E-state index in [-0.39, 0.29) is 11.1 Å². The van der Waals surface area contributed by atoms with Crippen LogP contribution in [0.2, 0.25) is 10.3 Å². The zero-order chi connectivity index (χ0) is 29.4. The molecule has 41 heavy (non-hydrogen) atoms. The fourth-order valence-corrected chi connectivity index (χ4v) is 5.13. The van der Waals surface area contributed by atoms with Gasteiger partial charge in [-0.05, 0) is 49.2 Å². The maximum atomic E-state index is 12.3. The molecule has 0 atom stereocenters. The number of anilines is 2. The lowest BCUT2D eigenvalue weighted by atomic mass is 10.2. The van der Waals surface area contributed by atoms with E-state index in [1.165, 1.54) is 4.57 Å². The molecule has 0 spiro atoms. The highest BCUT2D eigenvalue weighted by molar-refractivity contribution is 6.30. The zero-order valence-electron chi connectivity index (χ0n) is 22.7. The fraction of sp³-hybridized carbons (Fsp3) is 0.172. The summed E-state index contributed by atoms with van der Waals surface area (Å²) in [7, 11) is 1.65. The predicted octanol–water partition coefficient (Wildman–Crippen LogP) is 4.64. The van der Waals surface area contributed by atoms with Crippen molar-refractivity contribution < 1.29 is 0 Å². The maximum absolute atomic E-state index is 12.3. The number of halogens is 2. The molecule has 0 radical (unpaired) electrons. The molecule has 210 valence electrons. The van der Waals surface area contributed by atoms with Crippen LogP contribution in [0, 0.1) is 13.8 Å². The van der Waals surface area contributed by atoms with E-state index < -0.39 is 0 Å². The van der Waals surface area contributed by atoms with E-state index in [0.29, 0.717) is 62.4 Å². The fourth-order valence-electron chi connectivity index (χ4n) is 4.76. The normalized spacial score (nSPS) is 11.1. The number of nitrogen functional groups attached to an aromatic ring is 2. The molecular weight excluding hydrogens is 563 g/mol. The summed E-state index contributed by atoms with van der Waals surface area (Å²) in [6.45, 7) is 4.62. The van der Waals surface area contributed by atoms with Gasteiger partial charge in [-0.25, -0.2) is 0 Å². The zero-order valence-corrected chi connectivity index (χ0v) is 24.2. The highest BCUT2D eigenvalue weighted by Crippen LogP contribution is 2.22. The van der Waals surface area contributed by atoms with E-state index in [2.05, 4.69) is 15.2 Å². The molecule has 10 nitrogen and oxygen atoms in total. The summed E-state index contributed by atoms with van der Waals surface area (Å²) in [5.41, 5.74) is 17.7. The topological polar surface area (TPSA) is 143 Å². The number of aromatic amines is 1. The van der Waals surface area contributed by atoms with Crippen molar-refractivity contribution in [2.75, 3.05) is 11.5 Å². The van der Waals surface area contributed by atoms with Gasteiger partial charge in [0, 0.05) is 18.4 Å². The van der Waals surface area contributed by atoms with E-state index in [1.807, 2.05) is 55.5 Å². The molecule has 2 aromatic carbocycles. The highest BCUT2D eigenvalue weighted by atomic mass is 35.5. The number of pyridine rings is 2. The minimum absolute atomic E-state index is 0.137. The van der Waals surface area contributed by atoms with E-state index >= 15 is 0 Å². The van der Waals surface area contributed by atoms with E-state index in [4.69, 9.17) is 34.7 Å². The minimum atomic E-state index is -0.225. The van der Waals surface area contributed by atoms with Crippen molar-refractivity contribution in [2.24, 2.45) is 7.05 Å². The molecule has 0 aliphatic carbocycles. The summed E-state index contributed by atoms with van der Waals surface area (Å²) in [6, 6.07) is 18.7. The van der Waals surface area contributed by atoms with Crippen molar-refractivity contribution >= 4 is 56.4 Å². The van der Waals surface area contributed by atoms with Gasteiger partial charge in [-0.15, -0.1) is 0 Å². The van der Waals surface area contributed by atoms with Gasteiger partial charge < -0.3 is 21.0 Å². The number of fused-ring (bicyclic) bond motifs is 2. The molecular formula is C29H28Cl2N8O2. The number of nitrogens with one attached hydrogen (secondary N) is 1. The van der Waals surface area contributed by atoms with Gasteiger partial charge in [-0.1, -0.05) is 59.6 Å². The number of nitrogens with zero attached hydrogens (tertiary/aromatic N) is 5. The van der Waals surface area contributed by atoms with Crippen LogP contribution in [0.1, 0.15) is 22.5 Å². The monoisotopic (exact) mass is 590 g/mol. The molecule has 0 saturated heterocycles. The quantitative estimate of drug-likeness (QED) is 0.201. The first-order chi connectivity index (χ1) is 19.5. The second kappa shape index (κ2) is 11.1. The molecule has 0 bridgehead atoms. The van der Waals surface area contributed by atoms with Crippen molar-refractivity contribution in [1.29, 1.82) is 0 Å². The molecule has 0 unspecified atom stereocenters. The molecule has 0 fully saturated rings. The minimum Gasteiger partial charge on any atom is -0.398 e. The van der Waals surface area contributed by atoms with Gasteiger partial charge in [0.15, 0.2) is 0 Å². The molecule has 4 aromatic heterocycles. The van der Waals surface area contributed by atoms with Crippen LogP contribution in [0.25, 0.3) is 21.8 Å². The van der Waals surface area contributed by atoms with Crippen LogP contribution in [-0.4, -0.2) is 29.1 Å². The first kappa shape index (κ1) is 28.0. The Kier molecular flexibility index (Phi) is 7.61. The van der Waals surface area contributed by atoms with Gasteiger partial charge in [0.05, 0.1) is 46.3 Å². The molecule has 5 N–H and O–H groups in total. The number of rotatable bonds is 4. The van der Waals surface area contributed by atoms with E-state index in [1.54, 1.807) is 35.5 Å². The van der Waals surface area contributed by atoms with Gasteiger partial charge in [0.2, 0.25) is 0 Å². The van der Waals surface area contributed by atoms with Crippen LogP contribution >= 0.6 is 23.2 Å². The molecule has 12 heteroatoms. The van der Waals surface area contributed by atoms with E-state index in [0.717, 1.165) is 16.6 Å². The second-order valence-electron chi connectivity index (χ2n) is 9.68. The lowest BCUT2D eigenvalue weighted by Gasteiger charge is -2.07. The average Bonchev–Trinajstić information content (AvgIpc) is 3.40. The van der Waals surface area contributed by atoms with Crippen molar-refractivity contribution in [1.82, 2.24) is 29.1 Å². The lowest BCUT2D eigenvalue weighted by molar-refractivity contribution is 0.704. The average molecular weight is 592 g/mol. The standard InChI is InChI=1S/C15H15ClN4O.C14H13ClN4O/c1-9-14-12(7-13(16)19(2)15(14)21)20(18-9)8-10-5-3-4-6-11(10)17;1-8-13-11(6-12(15)17-14(13)20)19(18-8)7-9-4-2-3-5-10(9)16/h3-7H,8,17H2,1-2H3;2-6H,7,16H2,1H3,(H,17,20). The van der Waals surface area contributed by atoms with Gasteiger partial charge in [-0.3, -0.25) is 19.0 Å². The van der Waals surface area contributed by atoms with Crippen LogP contribution in [0.4, 0.5) is 11.4 Å². The van der Waals surface area contributed by atoms with Crippen LogP contribution < -0.4 is 22.6 Å². The predicted molar refractivity (Wildman–Crippen MR) is 165 cm³/mol. The van der Waals surface area contributed by atoms with E-state index in [9.17, 15) is 9.59 Å². The Morgan fingerprint density at radius 2 is 1.27 bits per heavy atom. The number of para-hydroxylation sites is 2. The largest absolute Gasteiger partial charge is 0.398 e. The summed E-state index contributed by atoms with van der Waals surface area (Å²) in [6.07, 6.45) is 0. The summed E-state index contributed by atoms with van der Waals surface area (Å²) in [4.78, 5) is 26.8. The highest BCUT2D eigenvalue weighted by Gasteiger charge is 2.15. The molecule has 0 amide bonds. The van der Waals surface area contributed by atoms with Crippen molar-refractivity contribution in [2.45, 2.75) is 26.9 Å². The van der Waals surface area contributed by atoms with Crippen LogP contribution in [0.15, 0.2) is 70.3 Å². The van der Waals surface area contributed by atoms with Gasteiger partial charge >= 0.3 is 0 Å². The summed E-state index contributed by atoms with van der Waals surface area (Å²) < 4.78 is 4.93. The van der Waals surface area contributed by atoms with Crippen LogP contribution in [0.3, 0.4) is 0 Å². The maximum Gasteiger partial charge on any atom is 0.262 e. The Morgan fingerprint density at radius 1 is 0.780 bits per heavy atom. The van der Waals surface area contributed by atoms with Crippen molar-refractivity contribution in [3.05, 3.63) is 114 Å². The first-order valence-electron chi connectivity index (χ1n) is 12.7. The number of H-pyrrole nitrogens is 1. The third kappa shape index (κ3) is 5.44. The molecule has 4 heterocycles. The molecule has 6 rings (SSSR count). The second-order valence-corrected chi connectivity index (χ2v) is 10.5. The van der Waals surface area contributed by atoms with Crippen LogP contribution in [-0.2, 0) is 20.1 Å². The first-order valence-corrected chi connectivity index (χ1v) is 13.5.